The first-order chi connectivity index (χ1) is 12.8. The molecule has 144 valence electrons. The quantitative estimate of drug-likeness (QED) is 0.771. The van der Waals surface area contributed by atoms with Gasteiger partial charge in [-0.1, -0.05) is 18.9 Å². The summed E-state index contributed by atoms with van der Waals surface area (Å²) in [6.07, 6.45) is 8.63. The summed E-state index contributed by atoms with van der Waals surface area (Å²) < 4.78 is 11.6. The highest BCUT2D eigenvalue weighted by Gasteiger charge is 2.18. The number of carbonyl (C=O) groups excluding carboxylic acids is 1. The summed E-state index contributed by atoms with van der Waals surface area (Å²) in [6, 6.07) is 6.67. The Kier molecular flexibility index (Phi) is 7.18. The molecule has 3 rings (SSSR count). The van der Waals surface area contributed by atoms with Crippen molar-refractivity contribution in [1.82, 2.24) is 10.2 Å². The van der Waals surface area contributed by atoms with Gasteiger partial charge in [-0.15, -0.1) is 0 Å². The fraction of sp³-hybridized carbons (Fsp3) is 0.667. The molecule has 1 aliphatic heterocycles. The summed E-state index contributed by atoms with van der Waals surface area (Å²) in [5.74, 6) is 1.45. The molecule has 26 heavy (non-hydrogen) atoms. The van der Waals surface area contributed by atoms with Crippen LogP contribution >= 0.6 is 0 Å². The van der Waals surface area contributed by atoms with Crippen molar-refractivity contribution >= 4 is 5.91 Å². The van der Waals surface area contributed by atoms with Crippen LogP contribution in [0.5, 0.6) is 11.5 Å². The van der Waals surface area contributed by atoms with E-state index in [4.69, 9.17) is 9.47 Å². The van der Waals surface area contributed by atoms with Crippen LogP contribution in [0.15, 0.2) is 18.2 Å². The van der Waals surface area contributed by atoms with Crippen LogP contribution in [0.25, 0.3) is 0 Å². The third-order valence-corrected chi connectivity index (χ3v) is 5.32. The summed E-state index contributed by atoms with van der Waals surface area (Å²) in [7, 11) is 0. The minimum atomic E-state index is 0.0686. The van der Waals surface area contributed by atoms with Crippen LogP contribution in [-0.2, 0) is 11.3 Å². The molecule has 2 aliphatic rings. The first-order valence-electron chi connectivity index (χ1n) is 10.2. The fourth-order valence-corrected chi connectivity index (χ4v) is 3.82. The number of nitrogens with zero attached hydrogens (tertiary/aromatic N) is 1. The van der Waals surface area contributed by atoms with Crippen molar-refractivity contribution in [3.8, 4) is 11.5 Å². The molecule has 0 radical (unpaired) electrons. The zero-order valence-corrected chi connectivity index (χ0v) is 16.0. The first-order valence-corrected chi connectivity index (χ1v) is 10.2. The maximum Gasteiger partial charge on any atom is 0.260 e. The molecule has 1 N–H and O–H groups in total. The second kappa shape index (κ2) is 9.81. The molecule has 1 saturated carbocycles. The fourth-order valence-electron chi connectivity index (χ4n) is 3.82. The normalized spacial score (nSPS) is 18.1. The molecule has 1 aromatic rings. The third kappa shape index (κ3) is 5.37. The maximum absolute atomic E-state index is 12.3. The molecule has 1 aliphatic carbocycles. The summed E-state index contributed by atoms with van der Waals surface area (Å²) in [5, 5.41) is 3.62. The number of benzene rings is 1. The number of hydrogen-bond donors (Lipinski definition) is 1. The smallest absolute Gasteiger partial charge is 0.260 e. The molecule has 1 saturated heterocycles. The van der Waals surface area contributed by atoms with Crippen molar-refractivity contribution in [2.45, 2.75) is 64.5 Å². The van der Waals surface area contributed by atoms with Crippen molar-refractivity contribution in [2.24, 2.45) is 0 Å². The van der Waals surface area contributed by atoms with Crippen molar-refractivity contribution in [3.05, 3.63) is 23.8 Å². The van der Waals surface area contributed by atoms with Crippen LogP contribution in [0.1, 0.15) is 57.4 Å². The van der Waals surface area contributed by atoms with E-state index in [0.29, 0.717) is 18.4 Å². The Labute approximate surface area is 157 Å². The van der Waals surface area contributed by atoms with Gasteiger partial charge in [0.05, 0.1) is 6.61 Å². The molecule has 1 aromatic carbocycles. The molecule has 5 heteroatoms. The van der Waals surface area contributed by atoms with Crippen LogP contribution in [0, 0.1) is 0 Å². The zero-order chi connectivity index (χ0) is 18.2. The van der Waals surface area contributed by atoms with E-state index in [0.717, 1.165) is 38.2 Å². The Hall–Kier alpha value is -1.75. The van der Waals surface area contributed by atoms with Gasteiger partial charge in [-0.2, -0.15) is 0 Å². The molecule has 5 nitrogen and oxygen atoms in total. The largest absolute Gasteiger partial charge is 0.490 e. The van der Waals surface area contributed by atoms with Gasteiger partial charge in [0.15, 0.2) is 18.1 Å². The number of carbonyl (C=O) groups is 1. The maximum atomic E-state index is 12.3. The molecule has 0 aromatic heterocycles. The van der Waals surface area contributed by atoms with E-state index in [-0.39, 0.29) is 12.5 Å². The Bertz CT molecular complexity index is 579. The highest BCUT2D eigenvalue weighted by atomic mass is 16.5. The molecule has 0 unspecified atom stereocenters. The lowest BCUT2D eigenvalue weighted by Crippen LogP contribution is -2.38. The third-order valence-electron chi connectivity index (χ3n) is 5.32. The van der Waals surface area contributed by atoms with Gasteiger partial charge in [0.1, 0.15) is 0 Å². The minimum absolute atomic E-state index is 0.0686. The van der Waals surface area contributed by atoms with Gasteiger partial charge in [-0.05, 0) is 56.7 Å². The topological polar surface area (TPSA) is 50.8 Å². The van der Waals surface area contributed by atoms with E-state index in [1.54, 1.807) is 0 Å². The van der Waals surface area contributed by atoms with Gasteiger partial charge in [0.25, 0.3) is 5.91 Å². The molecular formula is C21H32N2O3. The summed E-state index contributed by atoms with van der Waals surface area (Å²) in [6.45, 7) is 5.18. The van der Waals surface area contributed by atoms with Gasteiger partial charge < -0.3 is 19.7 Å². The average molecular weight is 360 g/mol. The monoisotopic (exact) mass is 360 g/mol. The number of amides is 1. The molecule has 2 fully saturated rings. The number of hydrogen-bond acceptors (Lipinski definition) is 4. The molecule has 0 atom stereocenters. The Morgan fingerprint density at radius 2 is 1.85 bits per heavy atom. The van der Waals surface area contributed by atoms with Crippen molar-refractivity contribution in [3.63, 3.8) is 0 Å². The minimum Gasteiger partial charge on any atom is -0.490 e. The van der Waals surface area contributed by atoms with E-state index >= 15 is 0 Å². The Balaban J connectivity index is 1.55. The summed E-state index contributed by atoms with van der Waals surface area (Å²) in [5.41, 5.74) is 1.19. The van der Waals surface area contributed by atoms with Gasteiger partial charge >= 0.3 is 0 Å². The van der Waals surface area contributed by atoms with Crippen LogP contribution in [0.4, 0.5) is 0 Å². The number of rotatable bonds is 8. The second-order valence-corrected chi connectivity index (χ2v) is 7.31. The van der Waals surface area contributed by atoms with E-state index in [2.05, 4.69) is 11.4 Å². The number of nitrogens with one attached hydrogen (secondary N) is 1. The molecule has 0 bridgehead atoms. The average Bonchev–Trinajstić information content (AvgIpc) is 3.20. The lowest BCUT2D eigenvalue weighted by atomic mass is 10.1. The van der Waals surface area contributed by atoms with E-state index in [9.17, 15) is 4.79 Å². The van der Waals surface area contributed by atoms with E-state index < -0.39 is 0 Å². The highest BCUT2D eigenvalue weighted by molar-refractivity contribution is 5.78. The highest BCUT2D eigenvalue weighted by Crippen LogP contribution is 2.29. The summed E-state index contributed by atoms with van der Waals surface area (Å²) >= 11 is 0. The van der Waals surface area contributed by atoms with Crippen molar-refractivity contribution in [1.29, 1.82) is 0 Å². The number of likely N-dealkylation sites (tertiary alicyclic amines) is 1. The van der Waals surface area contributed by atoms with Gasteiger partial charge in [-0.25, -0.2) is 0 Å². The Morgan fingerprint density at radius 1 is 1.08 bits per heavy atom. The molecule has 1 amide bonds. The predicted molar refractivity (Wildman–Crippen MR) is 103 cm³/mol. The zero-order valence-electron chi connectivity index (χ0n) is 16.0. The molecule has 0 spiro atoms. The van der Waals surface area contributed by atoms with Crippen LogP contribution in [0.3, 0.4) is 0 Å². The van der Waals surface area contributed by atoms with Crippen molar-refractivity contribution in [2.75, 3.05) is 26.3 Å². The van der Waals surface area contributed by atoms with Gasteiger partial charge in [0, 0.05) is 25.7 Å². The van der Waals surface area contributed by atoms with Gasteiger partial charge in [0.2, 0.25) is 0 Å². The summed E-state index contributed by atoms with van der Waals surface area (Å²) in [4.78, 5) is 14.2. The molecular weight excluding hydrogens is 328 g/mol. The predicted octanol–water partition coefficient (Wildman–Crippen LogP) is 3.51. The number of ether oxygens (including phenoxy) is 2. The van der Waals surface area contributed by atoms with Crippen LogP contribution < -0.4 is 14.8 Å². The lowest BCUT2D eigenvalue weighted by molar-refractivity contribution is -0.134. The SMILES string of the molecule is CCOc1cc(CNC2CCCC2)ccc1OCC(=O)N1CCCCC1. The lowest BCUT2D eigenvalue weighted by Gasteiger charge is -2.26. The number of piperidine rings is 1. The second-order valence-electron chi connectivity index (χ2n) is 7.31. The van der Waals surface area contributed by atoms with Crippen molar-refractivity contribution < 1.29 is 14.3 Å². The van der Waals surface area contributed by atoms with Gasteiger partial charge in [-0.3, -0.25) is 4.79 Å². The van der Waals surface area contributed by atoms with Crippen LogP contribution in [0.2, 0.25) is 0 Å². The van der Waals surface area contributed by atoms with Crippen LogP contribution in [-0.4, -0.2) is 43.2 Å². The standard InChI is InChI=1S/C21H32N2O3/c1-2-25-20-14-17(15-22-18-8-4-5-9-18)10-11-19(20)26-16-21(24)23-12-6-3-7-13-23/h10-11,14,18,22H,2-9,12-13,15-16H2,1H3. The first kappa shape index (κ1) is 19.0. The van der Waals surface area contributed by atoms with E-state index in [1.807, 2.05) is 24.0 Å². The van der Waals surface area contributed by atoms with E-state index in [1.165, 1.54) is 37.7 Å². The molecule has 1 heterocycles. The Morgan fingerprint density at radius 3 is 2.58 bits per heavy atom.